The van der Waals surface area contributed by atoms with Crippen molar-refractivity contribution in [3.05, 3.63) is 0 Å². The molecule has 0 rings (SSSR count). The van der Waals surface area contributed by atoms with Gasteiger partial charge in [-0.15, -0.1) is 0 Å². The molecule has 0 heterocycles. The van der Waals surface area contributed by atoms with E-state index in [9.17, 15) is 9.59 Å². The highest BCUT2D eigenvalue weighted by atomic mass is 32.1. The quantitative estimate of drug-likeness (QED) is 0.313. The van der Waals surface area contributed by atoms with Gasteiger partial charge in [0.25, 0.3) is 0 Å². The standard InChI is InChI=1S/C6H12N2O4S/c7-3(5(9)10)1-12-6(11)4(8)2-13/h3-4,13H,1-2,7-8H2,(H,9,10). The molecule has 0 aliphatic carbocycles. The van der Waals surface area contributed by atoms with Crippen molar-refractivity contribution in [3.8, 4) is 0 Å². The number of thiol groups is 1. The Kier molecular flexibility index (Phi) is 5.44. The molecule has 0 radical (unpaired) electrons. The van der Waals surface area contributed by atoms with E-state index in [1.54, 1.807) is 0 Å². The first-order chi connectivity index (χ1) is 5.99. The lowest BCUT2D eigenvalue weighted by atomic mass is 10.3. The Morgan fingerprint density at radius 3 is 2.31 bits per heavy atom. The highest BCUT2D eigenvalue weighted by molar-refractivity contribution is 7.80. The lowest BCUT2D eigenvalue weighted by Gasteiger charge is -2.10. The van der Waals surface area contributed by atoms with Crippen LogP contribution >= 0.6 is 12.6 Å². The molecule has 0 aromatic carbocycles. The maximum atomic E-state index is 10.9. The van der Waals surface area contributed by atoms with Crippen molar-refractivity contribution >= 4 is 24.6 Å². The van der Waals surface area contributed by atoms with Crippen LogP contribution < -0.4 is 11.5 Å². The van der Waals surface area contributed by atoms with E-state index in [1.807, 2.05) is 0 Å². The number of carbonyl (C=O) groups excluding carboxylic acids is 1. The molecule has 0 saturated heterocycles. The van der Waals surface area contributed by atoms with E-state index >= 15 is 0 Å². The summed E-state index contributed by atoms with van der Waals surface area (Å²) in [5.41, 5.74) is 10.3. The number of nitrogens with two attached hydrogens (primary N) is 2. The maximum absolute atomic E-state index is 10.9. The molecule has 0 aromatic rings. The van der Waals surface area contributed by atoms with Crippen LogP contribution in [0.5, 0.6) is 0 Å². The second-order valence-electron chi connectivity index (χ2n) is 2.36. The second-order valence-corrected chi connectivity index (χ2v) is 2.73. The Morgan fingerprint density at radius 1 is 1.38 bits per heavy atom. The zero-order valence-electron chi connectivity index (χ0n) is 6.84. The van der Waals surface area contributed by atoms with Gasteiger partial charge in [0.15, 0.2) is 0 Å². The number of aliphatic carboxylic acids is 1. The van der Waals surface area contributed by atoms with Gasteiger partial charge in [-0.3, -0.25) is 9.59 Å². The second kappa shape index (κ2) is 5.79. The molecule has 0 amide bonds. The minimum atomic E-state index is -1.23. The zero-order valence-corrected chi connectivity index (χ0v) is 7.74. The van der Waals surface area contributed by atoms with Crippen molar-refractivity contribution in [1.82, 2.24) is 0 Å². The number of hydrogen-bond acceptors (Lipinski definition) is 6. The van der Waals surface area contributed by atoms with Gasteiger partial charge in [0.2, 0.25) is 0 Å². The lowest BCUT2D eigenvalue weighted by Crippen LogP contribution is -2.40. The van der Waals surface area contributed by atoms with Gasteiger partial charge in [-0.05, 0) is 0 Å². The first-order valence-electron chi connectivity index (χ1n) is 3.50. The molecule has 76 valence electrons. The van der Waals surface area contributed by atoms with E-state index in [0.29, 0.717) is 0 Å². The average molecular weight is 208 g/mol. The summed E-state index contributed by atoms with van der Waals surface area (Å²) in [5.74, 6) is -1.79. The van der Waals surface area contributed by atoms with Crippen LogP contribution in [0.4, 0.5) is 0 Å². The van der Waals surface area contributed by atoms with Gasteiger partial charge in [-0.1, -0.05) is 0 Å². The lowest BCUT2D eigenvalue weighted by molar-refractivity contribution is -0.148. The summed E-state index contributed by atoms with van der Waals surface area (Å²) >= 11 is 3.77. The highest BCUT2D eigenvalue weighted by Crippen LogP contribution is 1.90. The van der Waals surface area contributed by atoms with Crippen molar-refractivity contribution in [2.75, 3.05) is 12.4 Å². The molecular formula is C6H12N2O4S. The van der Waals surface area contributed by atoms with Gasteiger partial charge in [0, 0.05) is 5.75 Å². The fraction of sp³-hybridized carbons (Fsp3) is 0.667. The molecule has 5 N–H and O–H groups in total. The summed E-state index contributed by atoms with van der Waals surface area (Å²) in [4.78, 5) is 21.0. The summed E-state index contributed by atoms with van der Waals surface area (Å²) in [5, 5.41) is 8.33. The fourth-order valence-corrected chi connectivity index (χ4v) is 0.574. The molecule has 0 aromatic heterocycles. The Labute approximate surface area is 80.6 Å². The maximum Gasteiger partial charge on any atom is 0.324 e. The van der Waals surface area contributed by atoms with Crippen molar-refractivity contribution in [2.45, 2.75) is 12.1 Å². The molecule has 0 aliphatic heterocycles. The van der Waals surface area contributed by atoms with Crippen molar-refractivity contribution in [2.24, 2.45) is 11.5 Å². The minimum Gasteiger partial charge on any atom is -0.480 e. The fourth-order valence-electron chi connectivity index (χ4n) is 0.425. The first kappa shape index (κ1) is 12.2. The molecule has 0 bridgehead atoms. The third-order valence-corrected chi connectivity index (χ3v) is 1.62. The number of esters is 1. The summed E-state index contributed by atoms with van der Waals surface area (Å²) in [6.45, 7) is -0.379. The Bertz CT molecular complexity index is 199. The SMILES string of the molecule is NC(COC(=O)C(N)CS)C(=O)O. The Hall–Kier alpha value is -0.790. The van der Waals surface area contributed by atoms with Crippen LogP contribution in [0.25, 0.3) is 0 Å². The van der Waals surface area contributed by atoms with E-state index in [-0.39, 0.29) is 12.4 Å². The largest absolute Gasteiger partial charge is 0.480 e. The molecule has 0 spiro atoms. The predicted octanol–water partition coefficient (Wildman–Crippen LogP) is -1.80. The Morgan fingerprint density at radius 2 is 1.92 bits per heavy atom. The number of rotatable bonds is 5. The number of hydrogen-bond donors (Lipinski definition) is 4. The smallest absolute Gasteiger partial charge is 0.324 e. The molecule has 2 atom stereocenters. The van der Waals surface area contributed by atoms with Gasteiger partial charge in [0.1, 0.15) is 18.7 Å². The van der Waals surface area contributed by atoms with Crippen LogP contribution in [0.2, 0.25) is 0 Å². The molecule has 7 heteroatoms. The molecule has 0 saturated carbocycles. The van der Waals surface area contributed by atoms with Gasteiger partial charge >= 0.3 is 11.9 Å². The van der Waals surface area contributed by atoms with Gasteiger partial charge < -0.3 is 21.3 Å². The third kappa shape index (κ3) is 4.71. The Balaban J connectivity index is 3.76. The van der Waals surface area contributed by atoms with Crippen molar-refractivity contribution < 1.29 is 19.4 Å². The van der Waals surface area contributed by atoms with Gasteiger partial charge in [0.05, 0.1) is 0 Å². The first-order valence-corrected chi connectivity index (χ1v) is 4.13. The van der Waals surface area contributed by atoms with Gasteiger partial charge in [-0.25, -0.2) is 0 Å². The van der Waals surface area contributed by atoms with E-state index in [1.165, 1.54) is 0 Å². The van der Waals surface area contributed by atoms with E-state index in [2.05, 4.69) is 17.4 Å². The summed E-state index contributed by atoms with van der Waals surface area (Å²) in [6, 6.07) is -2.06. The minimum absolute atomic E-state index is 0.140. The summed E-state index contributed by atoms with van der Waals surface area (Å²) < 4.78 is 4.50. The van der Waals surface area contributed by atoms with Crippen LogP contribution in [-0.2, 0) is 14.3 Å². The average Bonchev–Trinajstić information content (AvgIpc) is 2.11. The molecular weight excluding hydrogens is 196 g/mol. The molecule has 2 unspecified atom stereocenters. The normalized spacial score (nSPS) is 14.7. The third-order valence-electron chi connectivity index (χ3n) is 1.22. The topological polar surface area (TPSA) is 116 Å². The van der Waals surface area contributed by atoms with Crippen molar-refractivity contribution in [3.63, 3.8) is 0 Å². The predicted molar refractivity (Wildman–Crippen MR) is 48.4 cm³/mol. The van der Waals surface area contributed by atoms with Crippen LogP contribution in [0.15, 0.2) is 0 Å². The summed E-state index contributed by atoms with van der Waals surface area (Å²) in [7, 11) is 0. The number of ether oxygens (including phenoxy) is 1. The molecule has 6 nitrogen and oxygen atoms in total. The van der Waals surface area contributed by atoms with E-state index in [4.69, 9.17) is 16.6 Å². The van der Waals surface area contributed by atoms with Crippen LogP contribution in [0.1, 0.15) is 0 Å². The number of carboxylic acids is 1. The monoisotopic (exact) mass is 208 g/mol. The number of carboxylic acid groups (broad SMARTS) is 1. The van der Waals surface area contributed by atoms with E-state index < -0.39 is 24.0 Å². The van der Waals surface area contributed by atoms with E-state index in [0.717, 1.165) is 0 Å². The molecule has 13 heavy (non-hydrogen) atoms. The summed E-state index contributed by atoms with van der Waals surface area (Å²) in [6.07, 6.45) is 0. The van der Waals surface area contributed by atoms with Crippen molar-refractivity contribution in [1.29, 1.82) is 0 Å². The number of carbonyl (C=O) groups is 2. The van der Waals surface area contributed by atoms with Crippen LogP contribution in [0, 0.1) is 0 Å². The molecule has 0 aliphatic rings. The van der Waals surface area contributed by atoms with Gasteiger partial charge in [-0.2, -0.15) is 12.6 Å². The zero-order chi connectivity index (χ0) is 10.4. The molecule has 0 fully saturated rings. The highest BCUT2D eigenvalue weighted by Gasteiger charge is 2.17. The van der Waals surface area contributed by atoms with Crippen LogP contribution in [0.3, 0.4) is 0 Å². The van der Waals surface area contributed by atoms with Crippen LogP contribution in [-0.4, -0.2) is 41.5 Å².